The highest BCUT2D eigenvalue weighted by Gasteiger charge is 2.22. The Labute approximate surface area is 95.0 Å². The van der Waals surface area contributed by atoms with Gasteiger partial charge in [-0.1, -0.05) is 6.42 Å². The van der Waals surface area contributed by atoms with Gasteiger partial charge in [0.1, 0.15) is 5.82 Å². The van der Waals surface area contributed by atoms with Crippen LogP contribution in [0.3, 0.4) is 0 Å². The number of nitrogens with zero attached hydrogens (tertiary/aromatic N) is 1. The van der Waals surface area contributed by atoms with E-state index in [0.29, 0.717) is 0 Å². The number of piperidine rings is 1. The summed E-state index contributed by atoms with van der Waals surface area (Å²) in [6.07, 6.45) is 6.67. The summed E-state index contributed by atoms with van der Waals surface area (Å²) in [5.41, 5.74) is 0. The van der Waals surface area contributed by atoms with Gasteiger partial charge in [-0.15, -0.1) is 0 Å². The maximum Gasteiger partial charge on any atom is 0.237 e. The Morgan fingerprint density at radius 3 is 3.12 bits per heavy atom. The highest BCUT2D eigenvalue weighted by atomic mass is 16.2. The molecule has 1 aromatic rings. The van der Waals surface area contributed by atoms with Crippen LogP contribution in [0.2, 0.25) is 0 Å². The van der Waals surface area contributed by atoms with E-state index in [-0.39, 0.29) is 18.0 Å². The Morgan fingerprint density at radius 2 is 2.50 bits per heavy atom. The van der Waals surface area contributed by atoms with E-state index in [2.05, 4.69) is 20.6 Å². The van der Waals surface area contributed by atoms with Crippen molar-refractivity contribution in [2.24, 2.45) is 0 Å². The molecule has 1 aliphatic rings. The van der Waals surface area contributed by atoms with Gasteiger partial charge in [0, 0.05) is 12.4 Å². The van der Waals surface area contributed by atoms with E-state index in [1.165, 1.54) is 0 Å². The number of imidazole rings is 1. The van der Waals surface area contributed by atoms with Crippen LogP contribution in [0.4, 0.5) is 0 Å². The molecule has 0 aliphatic carbocycles. The summed E-state index contributed by atoms with van der Waals surface area (Å²) >= 11 is 0. The van der Waals surface area contributed by atoms with E-state index in [0.717, 1.165) is 31.6 Å². The number of carbonyl (C=O) groups excluding carboxylic acids is 1. The summed E-state index contributed by atoms with van der Waals surface area (Å²) in [7, 11) is 0. The number of rotatable bonds is 3. The summed E-state index contributed by atoms with van der Waals surface area (Å²) in [5, 5.41) is 6.18. The molecule has 2 heterocycles. The fourth-order valence-electron chi connectivity index (χ4n) is 1.97. The molecule has 16 heavy (non-hydrogen) atoms. The molecule has 1 fully saturated rings. The Morgan fingerprint density at radius 1 is 1.62 bits per heavy atom. The molecule has 1 saturated heterocycles. The maximum absolute atomic E-state index is 11.9. The quantitative estimate of drug-likeness (QED) is 0.706. The van der Waals surface area contributed by atoms with Crippen LogP contribution in [0, 0.1) is 0 Å². The third kappa shape index (κ3) is 2.61. The van der Waals surface area contributed by atoms with Crippen molar-refractivity contribution < 1.29 is 4.79 Å². The zero-order chi connectivity index (χ0) is 11.4. The number of hydrogen-bond donors (Lipinski definition) is 3. The predicted octanol–water partition coefficient (Wildman–Crippen LogP) is 0.729. The van der Waals surface area contributed by atoms with Gasteiger partial charge in [0.2, 0.25) is 5.91 Å². The minimum atomic E-state index is -0.0637. The molecular weight excluding hydrogens is 204 g/mol. The Hall–Kier alpha value is -1.36. The minimum Gasteiger partial charge on any atom is -0.347 e. The van der Waals surface area contributed by atoms with Crippen molar-refractivity contribution in [1.82, 2.24) is 20.6 Å². The first-order chi connectivity index (χ1) is 7.77. The summed E-state index contributed by atoms with van der Waals surface area (Å²) in [6, 6.07) is -0.0996. The topological polar surface area (TPSA) is 69.8 Å². The number of amides is 1. The molecule has 0 radical (unpaired) electrons. The smallest absolute Gasteiger partial charge is 0.237 e. The first-order valence-electron chi connectivity index (χ1n) is 5.80. The second kappa shape index (κ2) is 5.12. The maximum atomic E-state index is 11.9. The third-order valence-electron chi connectivity index (χ3n) is 2.92. The van der Waals surface area contributed by atoms with Gasteiger partial charge in [0.05, 0.1) is 12.1 Å². The van der Waals surface area contributed by atoms with Gasteiger partial charge >= 0.3 is 0 Å². The van der Waals surface area contributed by atoms with E-state index >= 15 is 0 Å². The Kier molecular flexibility index (Phi) is 3.56. The summed E-state index contributed by atoms with van der Waals surface area (Å²) in [4.78, 5) is 19.0. The monoisotopic (exact) mass is 222 g/mol. The normalized spacial score (nSPS) is 22.7. The lowest BCUT2D eigenvalue weighted by atomic mass is 10.0. The lowest BCUT2D eigenvalue weighted by Crippen LogP contribution is -2.47. The van der Waals surface area contributed by atoms with E-state index in [1.54, 1.807) is 12.4 Å². The first-order valence-corrected chi connectivity index (χ1v) is 5.80. The van der Waals surface area contributed by atoms with Gasteiger partial charge in [-0.2, -0.15) is 0 Å². The van der Waals surface area contributed by atoms with Crippen LogP contribution in [-0.2, 0) is 4.79 Å². The second-order valence-electron chi connectivity index (χ2n) is 4.21. The van der Waals surface area contributed by atoms with Crippen molar-refractivity contribution in [3.05, 3.63) is 18.2 Å². The van der Waals surface area contributed by atoms with Gasteiger partial charge in [0.25, 0.3) is 0 Å². The second-order valence-corrected chi connectivity index (χ2v) is 4.21. The van der Waals surface area contributed by atoms with Crippen LogP contribution < -0.4 is 10.6 Å². The highest BCUT2D eigenvalue weighted by molar-refractivity contribution is 5.82. The largest absolute Gasteiger partial charge is 0.347 e. The van der Waals surface area contributed by atoms with Gasteiger partial charge in [0.15, 0.2) is 0 Å². The third-order valence-corrected chi connectivity index (χ3v) is 2.92. The van der Waals surface area contributed by atoms with Crippen molar-refractivity contribution in [3.63, 3.8) is 0 Å². The zero-order valence-electron chi connectivity index (χ0n) is 9.49. The van der Waals surface area contributed by atoms with Crippen molar-refractivity contribution >= 4 is 5.91 Å². The van der Waals surface area contributed by atoms with Crippen LogP contribution in [0.25, 0.3) is 0 Å². The van der Waals surface area contributed by atoms with Crippen LogP contribution in [0.1, 0.15) is 38.1 Å². The SMILES string of the molecule is CC(NC(=O)[C@H]1CCCCN1)c1ncc[nH]1. The van der Waals surface area contributed by atoms with Gasteiger partial charge < -0.3 is 15.6 Å². The van der Waals surface area contributed by atoms with Gasteiger partial charge in [-0.25, -0.2) is 4.98 Å². The molecule has 0 bridgehead atoms. The van der Waals surface area contributed by atoms with Crippen LogP contribution >= 0.6 is 0 Å². The molecule has 3 N–H and O–H groups in total. The molecule has 0 spiro atoms. The van der Waals surface area contributed by atoms with Crippen molar-refractivity contribution in [3.8, 4) is 0 Å². The standard InChI is InChI=1S/C11H18N4O/c1-8(10-13-6-7-14-10)15-11(16)9-4-2-3-5-12-9/h6-9,12H,2-5H2,1H3,(H,13,14)(H,15,16)/t8?,9-/m1/s1. The predicted molar refractivity (Wildman–Crippen MR) is 60.8 cm³/mol. The van der Waals surface area contributed by atoms with E-state index < -0.39 is 0 Å². The molecule has 2 atom stereocenters. The Bertz CT molecular complexity index is 330. The highest BCUT2D eigenvalue weighted by Crippen LogP contribution is 2.10. The first kappa shape index (κ1) is 11.1. The molecule has 1 aromatic heterocycles. The van der Waals surface area contributed by atoms with Crippen LogP contribution in [0.5, 0.6) is 0 Å². The number of hydrogen-bond acceptors (Lipinski definition) is 3. The fourth-order valence-corrected chi connectivity index (χ4v) is 1.97. The van der Waals surface area contributed by atoms with Crippen molar-refractivity contribution in [2.45, 2.75) is 38.3 Å². The summed E-state index contributed by atoms with van der Waals surface area (Å²) in [6.45, 7) is 2.87. The molecule has 5 nitrogen and oxygen atoms in total. The lowest BCUT2D eigenvalue weighted by Gasteiger charge is -2.24. The molecule has 0 saturated carbocycles. The van der Waals surface area contributed by atoms with Gasteiger partial charge in [-0.05, 0) is 26.3 Å². The summed E-state index contributed by atoms with van der Waals surface area (Å²) in [5.74, 6) is 0.868. The number of aromatic amines is 1. The van der Waals surface area contributed by atoms with Crippen LogP contribution in [0.15, 0.2) is 12.4 Å². The molecule has 2 rings (SSSR count). The molecule has 1 unspecified atom stereocenters. The number of H-pyrrole nitrogens is 1. The zero-order valence-corrected chi connectivity index (χ0v) is 9.49. The fraction of sp³-hybridized carbons (Fsp3) is 0.636. The van der Waals surface area contributed by atoms with E-state index in [4.69, 9.17) is 0 Å². The molecule has 1 amide bonds. The van der Waals surface area contributed by atoms with E-state index in [1.807, 2.05) is 6.92 Å². The lowest BCUT2D eigenvalue weighted by molar-refractivity contribution is -0.124. The molecule has 88 valence electrons. The van der Waals surface area contributed by atoms with Crippen LogP contribution in [-0.4, -0.2) is 28.5 Å². The molecule has 1 aliphatic heterocycles. The number of carbonyl (C=O) groups is 1. The molecule has 0 aromatic carbocycles. The average Bonchev–Trinajstić information content (AvgIpc) is 2.83. The number of aromatic nitrogens is 2. The average molecular weight is 222 g/mol. The number of nitrogens with one attached hydrogen (secondary N) is 3. The molecule has 5 heteroatoms. The van der Waals surface area contributed by atoms with Crippen molar-refractivity contribution in [1.29, 1.82) is 0 Å². The summed E-state index contributed by atoms with van der Waals surface area (Å²) < 4.78 is 0. The van der Waals surface area contributed by atoms with Crippen molar-refractivity contribution in [2.75, 3.05) is 6.54 Å². The van der Waals surface area contributed by atoms with E-state index in [9.17, 15) is 4.79 Å². The molecular formula is C11H18N4O. The van der Waals surface area contributed by atoms with Gasteiger partial charge in [-0.3, -0.25) is 4.79 Å². The Balaban J connectivity index is 1.86. The minimum absolute atomic E-state index is 0.0360.